The smallest absolute Gasteiger partial charge is 0.412 e. The zero-order chi connectivity index (χ0) is 12.1. The van der Waals surface area contributed by atoms with Crippen LogP contribution in [0.4, 0.5) is 14.2 Å². The van der Waals surface area contributed by atoms with Gasteiger partial charge in [0.05, 0.1) is 5.00 Å². The van der Waals surface area contributed by atoms with Crippen molar-refractivity contribution in [3.63, 3.8) is 0 Å². The molecule has 0 radical (unpaired) electrons. The van der Waals surface area contributed by atoms with Crippen molar-refractivity contribution in [3.8, 4) is 0 Å². The topological polar surface area (TPSA) is 38.3 Å². The van der Waals surface area contributed by atoms with Crippen LogP contribution in [0.25, 0.3) is 0 Å². The Kier molecular flexibility index (Phi) is 3.72. The van der Waals surface area contributed by atoms with Gasteiger partial charge in [-0.15, -0.1) is 11.3 Å². The van der Waals surface area contributed by atoms with E-state index in [0.717, 1.165) is 0 Å². The summed E-state index contributed by atoms with van der Waals surface area (Å²) in [4.78, 5) is 11.3. The first-order valence-corrected chi connectivity index (χ1v) is 5.84. The number of amides is 1. The molecule has 5 heteroatoms. The van der Waals surface area contributed by atoms with E-state index in [1.54, 1.807) is 24.3 Å². The highest BCUT2D eigenvalue weighted by Gasteiger charge is 2.06. The lowest BCUT2D eigenvalue weighted by molar-refractivity contribution is 0.154. The first kappa shape index (κ1) is 11.6. The van der Waals surface area contributed by atoms with Gasteiger partial charge in [-0.3, -0.25) is 5.32 Å². The molecule has 0 unspecified atom stereocenters. The minimum absolute atomic E-state index is 0.0795. The SMILES string of the molecule is O=C(Nc1cccs1)OCc1ccccc1F. The molecular formula is C12H10FNO2S. The molecule has 17 heavy (non-hydrogen) atoms. The predicted octanol–water partition coefficient (Wildman–Crippen LogP) is 3.64. The summed E-state index contributed by atoms with van der Waals surface area (Å²) < 4.78 is 18.1. The van der Waals surface area contributed by atoms with E-state index in [-0.39, 0.29) is 12.4 Å². The number of nitrogens with one attached hydrogen (secondary N) is 1. The normalized spacial score (nSPS) is 9.94. The van der Waals surface area contributed by atoms with Crippen LogP contribution in [0.3, 0.4) is 0 Å². The number of hydrogen-bond acceptors (Lipinski definition) is 3. The molecule has 0 aliphatic rings. The highest BCUT2D eigenvalue weighted by atomic mass is 32.1. The highest BCUT2D eigenvalue weighted by Crippen LogP contribution is 2.15. The molecule has 1 heterocycles. The maximum absolute atomic E-state index is 13.2. The van der Waals surface area contributed by atoms with Gasteiger partial charge in [0, 0.05) is 5.56 Å². The molecule has 0 bridgehead atoms. The monoisotopic (exact) mass is 251 g/mol. The van der Waals surface area contributed by atoms with Gasteiger partial charge < -0.3 is 4.74 Å². The van der Waals surface area contributed by atoms with Crippen LogP contribution in [0.15, 0.2) is 41.8 Å². The Balaban J connectivity index is 1.86. The molecule has 3 nitrogen and oxygen atoms in total. The third kappa shape index (κ3) is 3.29. The van der Waals surface area contributed by atoms with E-state index >= 15 is 0 Å². The van der Waals surface area contributed by atoms with Crippen molar-refractivity contribution in [1.29, 1.82) is 0 Å². The molecule has 0 saturated carbocycles. The Labute approximate surface area is 102 Å². The number of rotatable bonds is 3. The average Bonchev–Trinajstić information content (AvgIpc) is 2.81. The molecule has 0 saturated heterocycles. The van der Waals surface area contributed by atoms with Gasteiger partial charge in [0.15, 0.2) is 0 Å². The quantitative estimate of drug-likeness (QED) is 0.904. The minimum Gasteiger partial charge on any atom is -0.444 e. The van der Waals surface area contributed by atoms with Gasteiger partial charge in [-0.05, 0) is 23.6 Å². The molecule has 0 aliphatic heterocycles. The van der Waals surface area contributed by atoms with Crippen LogP contribution in [0.1, 0.15) is 5.56 Å². The first-order chi connectivity index (χ1) is 8.25. The number of hydrogen-bond donors (Lipinski definition) is 1. The largest absolute Gasteiger partial charge is 0.444 e. The van der Waals surface area contributed by atoms with E-state index in [4.69, 9.17) is 4.74 Å². The molecule has 1 aromatic carbocycles. The Bertz CT molecular complexity index is 499. The van der Waals surface area contributed by atoms with Gasteiger partial charge in [0.25, 0.3) is 0 Å². The van der Waals surface area contributed by atoms with Crippen LogP contribution in [0.2, 0.25) is 0 Å². The fourth-order valence-electron chi connectivity index (χ4n) is 1.25. The van der Waals surface area contributed by atoms with Gasteiger partial charge in [-0.25, -0.2) is 9.18 Å². The molecule has 88 valence electrons. The molecular weight excluding hydrogens is 241 g/mol. The lowest BCUT2D eigenvalue weighted by Gasteiger charge is -2.05. The van der Waals surface area contributed by atoms with E-state index < -0.39 is 6.09 Å². The van der Waals surface area contributed by atoms with Crippen molar-refractivity contribution in [3.05, 3.63) is 53.2 Å². The van der Waals surface area contributed by atoms with Gasteiger partial charge >= 0.3 is 6.09 Å². The standard InChI is InChI=1S/C12H10FNO2S/c13-10-5-2-1-4-9(10)8-16-12(15)14-11-6-3-7-17-11/h1-7H,8H2,(H,14,15). The molecule has 0 spiro atoms. The van der Waals surface area contributed by atoms with E-state index in [2.05, 4.69) is 5.32 Å². The molecule has 1 aromatic heterocycles. The van der Waals surface area contributed by atoms with Gasteiger partial charge in [0.1, 0.15) is 12.4 Å². The molecule has 2 aromatic rings. The predicted molar refractivity (Wildman–Crippen MR) is 64.5 cm³/mol. The Hall–Kier alpha value is -1.88. The van der Waals surface area contributed by atoms with Crippen molar-refractivity contribution >= 4 is 22.4 Å². The van der Waals surface area contributed by atoms with Crippen LogP contribution in [-0.4, -0.2) is 6.09 Å². The Morgan fingerprint density at radius 2 is 2.12 bits per heavy atom. The second-order valence-electron chi connectivity index (χ2n) is 3.27. The zero-order valence-electron chi connectivity index (χ0n) is 8.85. The summed E-state index contributed by atoms with van der Waals surface area (Å²) >= 11 is 1.39. The van der Waals surface area contributed by atoms with E-state index in [1.807, 2.05) is 11.4 Å². The number of thiophene rings is 1. The van der Waals surface area contributed by atoms with E-state index in [1.165, 1.54) is 17.4 Å². The third-order valence-corrected chi connectivity index (χ3v) is 2.85. The lowest BCUT2D eigenvalue weighted by Crippen LogP contribution is -2.13. The van der Waals surface area contributed by atoms with Crippen molar-refractivity contribution < 1.29 is 13.9 Å². The summed E-state index contributed by atoms with van der Waals surface area (Å²) in [5, 5.41) is 5.08. The highest BCUT2D eigenvalue weighted by molar-refractivity contribution is 7.14. The first-order valence-electron chi connectivity index (χ1n) is 4.96. The van der Waals surface area contributed by atoms with Crippen LogP contribution < -0.4 is 5.32 Å². The molecule has 0 aliphatic carbocycles. The summed E-state index contributed by atoms with van der Waals surface area (Å²) in [5.41, 5.74) is 0.355. The minimum atomic E-state index is -0.587. The molecule has 1 N–H and O–H groups in total. The number of carbonyl (C=O) groups is 1. The summed E-state index contributed by atoms with van der Waals surface area (Å²) in [5.74, 6) is -0.378. The maximum atomic E-state index is 13.2. The fourth-order valence-corrected chi connectivity index (χ4v) is 1.85. The van der Waals surface area contributed by atoms with Crippen LogP contribution in [0, 0.1) is 5.82 Å². The molecule has 2 rings (SSSR count). The number of benzene rings is 1. The van der Waals surface area contributed by atoms with Gasteiger partial charge in [-0.1, -0.05) is 18.2 Å². The summed E-state index contributed by atoms with van der Waals surface area (Å²) in [6, 6.07) is 9.76. The summed E-state index contributed by atoms with van der Waals surface area (Å²) in [7, 11) is 0. The molecule has 0 fully saturated rings. The number of carbonyl (C=O) groups excluding carboxylic acids is 1. The number of halogens is 1. The van der Waals surface area contributed by atoms with Crippen LogP contribution in [-0.2, 0) is 11.3 Å². The zero-order valence-corrected chi connectivity index (χ0v) is 9.67. The summed E-state index contributed by atoms with van der Waals surface area (Å²) in [6.07, 6.45) is -0.587. The maximum Gasteiger partial charge on any atom is 0.412 e. The van der Waals surface area contributed by atoms with E-state index in [9.17, 15) is 9.18 Å². The van der Waals surface area contributed by atoms with Crippen LogP contribution >= 0.6 is 11.3 Å². The second kappa shape index (κ2) is 5.45. The second-order valence-corrected chi connectivity index (χ2v) is 4.22. The van der Waals surface area contributed by atoms with Crippen molar-refractivity contribution in [2.75, 3.05) is 5.32 Å². The summed E-state index contributed by atoms with van der Waals surface area (Å²) in [6.45, 7) is -0.0795. The van der Waals surface area contributed by atoms with Crippen LogP contribution in [0.5, 0.6) is 0 Å². The molecule has 1 amide bonds. The lowest BCUT2D eigenvalue weighted by atomic mass is 10.2. The third-order valence-electron chi connectivity index (χ3n) is 2.06. The fraction of sp³-hybridized carbons (Fsp3) is 0.0833. The Morgan fingerprint density at radius 3 is 2.82 bits per heavy atom. The Morgan fingerprint density at radius 1 is 1.29 bits per heavy atom. The molecule has 0 atom stereocenters. The van der Waals surface area contributed by atoms with E-state index in [0.29, 0.717) is 10.6 Å². The average molecular weight is 251 g/mol. The number of ether oxygens (including phenoxy) is 1. The van der Waals surface area contributed by atoms with Gasteiger partial charge in [0.2, 0.25) is 0 Å². The van der Waals surface area contributed by atoms with Crippen molar-refractivity contribution in [2.24, 2.45) is 0 Å². The van der Waals surface area contributed by atoms with Gasteiger partial charge in [-0.2, -0.15) is 0 Å². The number of anilines is 1. The van der Waals surface area contributed by atoms with Crippen molar-refractivity contribution in [2.45, 2.75) is 6.61 Å². The van der Waals surface area contributed by atoms with Crippen molar-refractivity contribution in [1.82, 2.24) is 0 Å².